The first kappa shape index (κ1) is 15.4. The lowest BCUT2D eigenvalue weighted by Crippen LogP contribution is -2.10. The molecule has 0 radical (unpaired) electrons. The minimum absolute atomic E-state index is 0.262. The first-order chi connectivity index (χ1) is 11.0. The van der Waals surface area contributed by atoms with Crippen LogP contribution in [0, 0.1) is 13.8 Å². The summed E-state index contributed by atoms with van der Waals surface area (Å²) in [6.07, 6.45) is 0. The van der Waals surface area contributed by atoms with Crippen LogP contribution in [0.15, 0.2) is 59.0 Å². The Labute approximate surface area is 139 Å². The van der Waals surface area contributed by atoms with Gasteiger partial charge in [-0.1, -0.05) is 29.8 Å². The topological polar surface area (TPSA) is 42.2 Å². The molecule has 1 aromatic heterocycles. The van der Waals surface area contributed by atoms with Gasteiger partial charge in [-0.05, 0) is 61.4 Å². The second-order valence-corrected chi connectivity index (χ2v) is 5.86. The second-order valence-electron chi connectivity index (χ2n) is 5.43. The number of benzene rings is 2. The molecule has 0 aliphatic rings. The van der Waals surface area contributed by atoms with E-state index in [-0.39, 0.29) is 11.7 Å². The molecule has 116 valence electrons. The normalized spacial score (nSPS) is 10.6. The zero-order chi connectivity index (χ0) is 16.4. The van der Waals surface area contributed by atoms with Crippen molar-refractivity contribution in [3.05, 3.63) is 76.5 Å². The number of carbonyl (C=O) groups excluding carboxylic acids is 1. The summed E-state index contributed by atoms with van der Waals surface area (Å²) < 4.78 is 5.68. The highest BCUT2D eigenvalue weighted by molar-refractivity contribution is 6.30. The fourth-order valence-electron chi connectivity index (χ4n) is 2.27. The molecule has 1 heterocycles. The van der Waals surface area contributed by atoms with Gasteiger partial charge in [0, 0.05) is 16.3 Å². The van der Waals surface area contributed by atoms with Crippen LogP contribution in [0.25, 0.3) is 11.3 Å². The summed E-state index contributed by atoms with van der Waals surface area (Å²) in [6.45, 7) is 4.11. The van der Waals surface area contributed by atoms with Crippen LogP contribution in [0.2, 0.25) is 5.02 Å². The maximum absolute atomic E-state index is 12.2. The maximum Gasteiger partial charge on any atom is 0.291 e. The third-order valence-corrected chi connectivity index (χ3v) is 3.94. The Kier molecular flexibility index (Phi) is 4.22. The van der Waals surface area contributed by atoms with E-state index in [4.69, 9.17) is 16.0 Å². The van der Waals surface area contributed by atoms with Gasteiger partial charge in [0.2, 0.25) is 0 Å². The number of hydrogen-bond donors (Lipinski definition) is 1. The van der Waals surface area contributed by atoms with E-state index in [0.29, 0.717) is 16.5 Å². The predicted octanol–water partition coefficient (Wildman–Crippen LogP) is 5.47. The summed E-state index contributed by atoms with van der Waals surface area (Å²) in [4.78, 5) is 12.2. The number of rotatable bonds is 3. The van der Waals surface area contributed by atoms with Gasteiger partial charge in [0.1, 0.15) is 5.76 Å². The summed E-state index contributed by atoms with van der Waals surface area (Å²) in [7, 11) is 0. The van der Waals surface area contributed by atoms with Crippen molar-refractivity contribution in [3.8, 4) is 11.3 Å². The summed E-state index contributed by atoms with van der Waals surface area (Å²) in [5.41, 5.74) is 3.99. The van der Waals surface area contributed by atoms with Crippen LogP contribution >= 0.6 is 11.6 Å². The van der Waals surface area contributed by atoms with Crippen molar-refractivity contribution >= 4 is 23.2 Å². The lowest BCUT2D eigenvalue weighted by molar-refractivity contribution is 0.0997. The van der Waals surface area contributed by atoms with Crippen molar-refractivity contribution in [1.82, 2.24) is 0 Å². The Morgan fingerprint density at radius 3 is 2.57 bits per heavy atom. The Hall–Kier alpha value is -2.52. The molecule has 0 saturated carbocycles. The minimum Gasteiger partial charge on any atom is -0.451 e. The zero-order valence-corrected chi connectivity index (χ0v) is 13.6. The molecule has 3 rings (SSSR count). The molecule has 0 aliphatic carbocycles. The second kappa shape index (κ2) is 6.31. The number of nitrogens with one attached hydrogen (secondary N) is 1. The van der Waals surface area contributed by atoms with Gasteiger partial charge in [-0.15, -0.1) is 0 Å². The molecule has 0 aliphatic heterocycles. The van der Waals surface area contributed by atoms with Crippen molar-refractivity contribution in [3.63, 3.8) is 0 Å². The van der Waals surface area contributed by atoms with Crippen LogP contribution in [-0.4, -0.2) is 5.91 Å². The van der Waals surface area contributed by atoms with E-state index in [1.807, 2.05) is 18.2 Å². The Morgan fingerprint density at radius 1 is 1.00 bits per heavy atom. The van der Waals surface area contributed by atoms with Crippen LogP contribution in [0.4, 0.5) is 5.69 Å². The van der Waals surface area contributed by atoms with Gasteiger partial charge < -0.3 is 9.73 Å². The van der Waals surface area contributed by atoms with Gasteiger partial charge in [-0.3, -0.25) is 4.79 Å². The SMILES string of the molecule is Cc1ccc(-c2ccc(C(=O)Nc3cccc(Cl)c3)o2)cc1C. The number of aryl methyl sites for hydroxylation is 2. The molecule has 3 aromatic rings. The largest absolute Gasteiger partial charge is 0.451 e. The van der Waals surface area contributed by atoms with Gasteiger partial charge >= 0.3 is 0 Å². The highest BCUT2D eigenvalue weighted by Crippen LogP contribution is 2.25. The summed E-state index contributed by atoms with van der Waals surface area (Å²) in [5, 5.41) is 3.33. The van der Waals surface area contributed by atoms with E-state index in [1.54, 1.807) is 36.4 Å². The Bertz CT molecular complexity index is 867. The Morgan fingerprint density at radius 2 is 1.83 bits per heavy atom. The van der Waals surface area contributed by atoms with Gasteiger partial charge in [0.15, 0.2) is 5.76 Å². The number of carbonyl (C=O) groups is 1. The molecule has 23 heavy (non-hydrogen) atoms. The van der Waals surface area contributed by atoms with Crippen molar-refractivity contribution in [2.45, 2.75) is 13.8 Å². The standard InChI is InChI=1S/C19H16ClNO2/c1-12-6-7-14(10-13(12)2)17-8-9-18(23-17)19(22)21-16-5-3-4-15(20)11-16/h3-11H,1-2H3,(H,21,22). The number of hydrogen-bond acceptors (Lipinski definition) is 2. The molecule has 0 atom stereocenters. The zero-order valence-electron chi connectivity index (χ0n) is 12.9. The van der Waals surface area contributed by atoms with E-state index in [2.05, 4.69) is 19.2 Å². The quantitative estimate of drug-likeness (QED) is 0.693. The monoisotopic (exact) mass is 325 g/mol. The number of furan rings is 1. The third kappa shape index (κ3) is 3.46. The minimum atomic E-state index is -0.303. The molecular weight excluding hydrogens is 310 g/mol. The predicted molar refractivity (Wildman–Crippen MR) is 93.0 cm³/mol. The van der Waals surface area contributed by atoms with Gasteiger partial charge in [-0.2, -0.15) is 0 Å². The fraction of sp³-hybridized carbons (Fsp3) is 0.105. The lowest BCUT2D eigenvalue weighted by Gasteiger charge is -2.04. The van der Waals surface area contributed by atoms with Crippen LogP contribution in [0.1, 0.15) is 21.7 Å². The summed E-state index contributed by atoms with van der Waals surface area (Å²) in [6, 6.07) is 16.5. The number of amides is 1. The molecule has 1 amide bonds. The molecule has 4 heteroatoms. The molecule has 3 nitrogen and oxygen atoms in total. The molecule has 0 unspecified atom stereocenters. The van der Waals surface area contributed by atoms with Crippen LogP contribution in [0.3, 0.4) is 0 Å². The van der Waals surface area contributed by atoms with E-state index in [1.165, 1.54) is 11.1 Å². The smallest absolute Gasteiger partial charge is 0.291 e. The van der Waals surface area contributed by atoms with E-state index >= 15 is 0 Å². The summed E-state index contributed by atoms with van der Waals surface area (Å²) >= 11 is 5.91. The molecule has 0 spiro atoms. The fourth-order valence-corrected chi connectivity index (χ4v) is 2.46. The number of halogens is 1. The van der Waals surface area contributed by atoms with Crippen molar-refractivity contribution in [2.24, 2.45) is 0 Å². The van der Waals surface area contributed by atoms with Gasteiger partial charge in [0.25, 0.3) is 5.91 Å². The average molecular weight is 326 g/mol. The summed E-state index contributed by atoms with van der Waals surface area (Å²) in [5.74, 6) is 0.630. The molecule has 1 N–H and O–H groups in total. The Balaban J connectivity index is 1.81. The van der Waals surface area contributed by atoms with E-state index in [9.17, 15) is 4.79 Å². The molecular formula is C19H16ClNO2. The van der Waals surface area contributed by atoms with Crippen molar-refractivity contribution < 1.29 is 9.21 Å². The van der Waals surface area contributed by atoms with Crippen LogP contribution < -0.4 is 5.32 Å². The first-order valence-corrected chi connectivity index (χ1v) is 7.65. The van der Waals surface area contributed by atoms with Crippen LogP contribution in [0.5, 0.6) is 0 Å². The van der Waals surface area contributed by atoms with Gasteiger partial charge in [0.05, 0.1) is 0 Å². The van der Waals surface area contributed by atoms with E-state index in [0.717, 1.165) is 5.56 Å². The third-order valence-electron chi connectivity index (χ3n) is 3.70. The molecule has 2 aromatic carbocycles. The highest BCUT2D eigenvalue weighted by atomic mass is 35.5. The maximum atomic E-state index is 12.2. The van der Waals surface area contributed by atoms with E-state index < -0.39 is 0 Å². The average Bonchev–Trinajstić information content (AvgIpc) is 3.00. The van der Waals surface area contributed by atoms with Gasteiger partial charge in [-0.25, -0.2) is 0 Å². The molecule has 0 bridgehead atoms. The lowest BCUT2D eigenvalue weighted by atomic mass is 10.1. The highest BCUT2D eigenvalue weighted by Gasteiger charge is 2.13. The number of anilines is 1. The first-order valence-electron chi connectivity index (χ1n) is 7.27. The van der Waals surface area contributed by atoms with Crippen LogP contribution in [-0.2, 0) is 0 Å². The molecule has 0 fully saturated rings. The molecule has 0 saturated heterocycles. The van der Waals surface area contributed by atoms with Crippen molar-refractivity contribution in [2.75, 3.05) is 5.32 Å². The van der Waals surface area contributed by atoms with Crippen molar-refractivity contribution in [1.29, 1.82) is 0 Å².